The van der Waals surface area contributed by atoms with Crippen molar-refractivity contribution in [2.75, 3.05) is 5.32 Å². The maximum atomic E-state index is 13.2. The Morgan fingerprint density at radius 2 is 2.07 bits per heavy atom. The second-order valence-corrected chi connectivity index (χ2v) is 6.78. The molecule has 0 radical (unpaired) electrons. The number of tetrazole rings is 1. The van der Waals surface area contributed by atoms with Crippen LogP contribution >= 0.6 is 0 Å². The van der Waals surface area contributed by atoms with Crippen molar-refractivity contribution in [1.82, 2.24) is 35.2 Å². The molecule has 0 saturated heterocycles. The minimum atomic E-state index is -0.335. The van der Waals surface area contributed by atoms with E-state index in [2.05, 4.69) is 49.8 Å². The van der Waals surface area contributed by atoms with Crippen LogP contribution in [-0.2, 0) is 11.2 Å². The van der Waals surface area contributed by atoms with E-state index in [-0.39, 0.29) is 30.0 Å². The van der Waals surface area contributed by atoms with Crippen LogP contribution in [0, 0.1) is 0 Å². The van der Waals surface area contributed by atoms with E-state index in [0.29, 0.717) is 16.8 Å². The predicted octanol–water partition coefficient (Wildman–Crippen LogP) is 1.94. The fourth-order valence-electron chi connectivity index (χ4n) is 3.10. The minimum absolute atomic E-state index is 0.0395. The van der Waals surface area contributed by atoms with Gasteiger partial charge in [-0.3, -0.25) is 19.6 Å². The zero-order valence-electron chi connectivity index (χ0n) is 15.8. The Labute approximate surface area is 165 Å². The van der Waals surface area contributed by atoms with Gasteiger partial charge in [-0.25, -0.2) is 0 Å². The van der Waals surface area contributed by atoms with Gasteiger partial charge in [0, 0.05) is 47.3 Å². The summed E-state index contributed by atoms with van der Waals surface area (Å²) < 4.78 is 2.04. The lowest BCUT2D eigenvalue weighted by atomic mass is 10.0. The SMILES string of the molecule is CC(C)n1cc(C(=O)c2cncc(NC(=O)Cc3nn[nH]n3)c2)c2cnccc21. The number of nitrogens with one attached hydrogen (secondary N) is 2. The smallest absolute Gasteiger partial charge is 0.232 e. The molecule has 4 aromatic heterocycles. The molecule has 10 nitrogen and oxygen atoms in total. The number of aromatic nitrogens is 7. The number of hydrogen-bond acceptors (Lipinski definition) is 7. The van der Waals surface area contributed by atoms with E-state index in [9.17, 15) is 9.59 Å². The number of rotatable bonds is 6. The summed E-state index contributed by atoms with van der Waals surface area (Å²) in [5.74, 6) is -0.251. The molecule has 0 fully saturated rings. The van der Waals surface area contributed by atoms with E-state index in [1.807, 2.05) is 16.8 Å². The number of amides is 1. The van der Waals surface area contributed by atoms with E-state index in [1.165, 1.54) is 12.4 Å². The van der Waals surface area contributed by atoms with Gasteiger partial charge in [0.2, 0.25) is 5.91 Å². The molecular formula is C19H18N8O2. The summed E-state index contributed by atoms with van der Waals surface area (Å²) in [4.78, 5) is 33.5. The molecule has 0 aliphatic rings. The van der Waals surface area contributed by atoms with Crippen molar-refractivity contribution in [3.05, 3.63) is 60.1 Å². The van der Waals surface area contributed by atoms with Crippen molar-refractivity contribution in [1.29, 1.82) is 0 Å². The Morgan fingerprint density at radius 1 is 1.21 bits per heavy atom. The van der Waals surface area contributed by atoms with Gasteiger partial charge in [0.05, 0.1) is 23.8 Å². The lowest BCUT2D eigenvalue weighted by Crippen LogP contribution is -2.16. The fraction of sp³-hybridized carbons (Fsp3) is 0.211. The molecule has 0 bridgehead atoms. The van der Waals surface area contributed by atoms with Gasteiger partial charge >= 0.3 is 0 Å². The van der Waals surface area contributed by atoms with E-state index in [4.69, 9.17) is 0 Å². The summed E-state index contributed by atoms with van der Waals surface area (Å²) in [7, 11) is 0. The highest BCUT2D eigenvalue weighted by molar-refractivity contribution is 6.16. The van der Waals surface area contributed by atoms with Crippen LogP contribution in [0.2, 0.25) is 0 Å². The molecule has 2 N–H and O–H groups in total. The number of carbonyl (C=O) groups is 2. The van der Waals surface area contributed by atoms with Crippen LogP contribution in [0.25, 0.3) is 10.9 Å². The maximum absolute atomic E-state index is 13.2. The zero-order valence-corrected chi connectivity index (χ0v) is 15.8. The first-order chi connectivity index (χ1) is 14.0. The van der Waals surface area contributed by atoms with Crippen molar-refractivity contribution in [3.8, 4) is 0 Å². The number of nitrogens with zero attached hydrogens (tertiary/aromatic N) is 6. The Bertz CT molecular complexity index is 1180. The van der Waals surface area contributed by atoms with Gasteiger partial charge in [0.1, 0.15) is 0 Å². The second-order valence-electron chi connectivity index (χ2n) is 6.78. The van der Waals surface area contributed by atoms with Gasteiger partial charge in [-0.15, -0.1) is 10.2 Å². The van der Waals surface area contributed by atoms with Crippen molar-refractivity contribution >= 4 is 28.3 Å². The molecule has 0 aliphatic heterocycles. The zero-order chi connectivity index (χ0) is 20.4. The Kier molecular flexibility index (Phi) is 4.82. The van der Waals surface area contributed by atoms with Crippen molar-refractivity contribution in [2.24, 2.45) is 0 Å². The number of hydrogen-bond donors (Lipinski definition) is 2. The summed E-state index contributed by atoms with van der Waals surface area (Å²) in [6.45, 7) is 4.10. The second kappa shape index (κ2) is 7.58. The van der Waals surface area contributed by atoms with Gasteiger partial charge in [0.25, 0.3) is 0 Å². The monoisotopic (exact) mass is 390 g/mol. The summed E-state index contributed by atoms with van der Waals surface area (Å²) in [6.07, 6.45) is 8.14. The lowest BCUT2D eigenvalue weighted by Gasteiger charge is -2.08. The van der Waals surface area contributed by atoms with Gasteiger partial charge in [-0.2, -0.15) is 5.21 Å². The van der Waals surface area contributed by atoms with Crippen LogP contribution in [0.3, 0.4) is 0 Å². The average molecular weight is 390 g/mol. The van der Waals surface area contributed by atoms with Crippen molar-refractivity contribution in [2.45, 2.75) is 26.3 Å². The van der Waals surface area contributed by atoms with E-state index in [0.717, 1.165) is 10.9 Å². The van der Waals surface area contributed by atoms with Crippen LogP contribution in [0.1, 0.15) is 41.6 Å². The minimum Gasteiger partial charge on any atom is -0.344 e. The molecule has 4 aromatic rings. The maximum Gasteiger partial charge on any atom is 0.232 e. The first-order valence-electron chi connectivity index (χ1n) is 8.99. The number of carbonyl (C=O) groups excluding carboxylic acids is 2. The van der Waals surface area contributed by atoms with E-state index in [1.54, 1.807) is 18.5 Å². The first-order valence-corrected chi connectivity index (χ1v) is 8.99. The molecule has 0 atom stereocenters. The molecule has 29 heavy (non-hydrogen) atoms. The van der Waals surface area contributed by atoms with Crippen LogP contribution in [0.5, 0.6) is 0 Å². The van der Waals surface area contributed by atoms with Gasteiger partial charge in [-0.05, 0) is 26.0 Å². The quantitative estimate of drug-likeness (QED) is 0.481. The summed E-state index contributed by atoms with van der Waals surface area (Å²) in [5.41, 5.74) is 2.26. The molecule has 0 aromatic carbocycles. The molecule has 4 rings (SSSR count). The van der Waals surface area contributed by atoms with Gasteiger partial charge < -0.3 is 9.88 Å². The fourth-order valence-corrected chi connectivity index (χ4v) is 3.10. The van der Waals surface area contributed by atoms with Crippen molar-refractivity contribution in [3.63, 3.8) is 0 Å². The van der Waals surface area contributed by atoms with Crippen LogP contribution in [0.15, 0.2) is 43.1 Å². The van der Waals surface area contributed by atoms with Crippen molar-refractivity contribution < 1.29 is 9.59 Å². The molecule has 1 amide bonds. The lowest BCUT2D eigenvalue weighted by molar-refractivity contribution is -0.115. The molecule has 0 saturated carbocycles. The molecule has 0 unspecified atom stereocenters. The highest BCUT2D eigenvalue weighted by atomic mass is 16.1. The largest absolute Gasteiger partial charge is 0.344 e. The number of fused-ring (bicyclic) bond motifs is 1. The molecule has 10 heteroatoms. The van der Waals surface area contributed by atoms with Gasteiger partial charge in [0.15, 0.2) is 11.6 Å². The molecule has 146 valence electrons. The standard InChI is InChI=1S/C19H18N8O2/c1-11(2)27-10-15(14-9-20-4-3-16(14)27)19(29)12-5-13(8-21-7-12)22-18(28)6-17-23-25-26-24-17/h3-5,7-11H,6H2,1-2H3,(H,22,28)(H,23,24,25,26). The van der Waals surface area contributed by atoms with Crippen LogP contribution in [-0.4, -0.2) is 46.8 Å². The van der Waals surface area contributed by atoms with E-state index < -0.39 is 0 Å². The van der Waals surface area contributed by atoms with Crippen LogP contribution in [0.4, 0.5) is 5.69 Å². The third kappa shape index (κ3) is 3.72. The first kappa shape index (κ1) is 18.4. The number of H-pyrrole nitrogens is 1. The van der Waals surface area contributed by atoms with E-state index >= 15 is 0 Å². The number of anilines is 1. The number of ketones is 1. The Morgan fingerprint density at radius 3 is 2.83 bits per heavy atom. The highest BCUT2D eigenvalue weighted by Gasteiger charge is 2.19. The molecule has 0 spiro atoms. The highest BCUT2D eigenvalue weighted by Crippen LogP contribution is 2.26. The Hall–Kier alpha value is -3.95. The third-order valence-electron chi connectivity index (χ3n) is 4.43. The summed E-state index contributed by atoms with van der Waals surface area (Å²) >= 11 is 0. The third-order valence-corrected chi connectivity index (χ3v) is 4.43. The van der Waals surface area contributed by atoms with Gasteiger partial charge in [-0.1, -0.05) is 5.21 Å². The molecule has 0 aliphatic carbocycles. The number of aromatic amines is 1. The molecule has 4 heterocycles. The summed E-state index contributed by atoms with van der Waals surface area (Å²) in [5, 5.41) is 16.7. The topological polar surface area (TPSA) is 131 Å². The predicted molar refractivity (Wildman–Crippen MR) is 104 cm³/mol. The number of pyridine rings is 2. The molecular weight excluding hydrogens is 372 g/mol. The summed E-state index contributed by atoms with van der Waals surface area (Å²) in [6, 6.07) is 3.67. The normalized spacial score (nSPS) is 11.1. The average Bonchev–Trinajstić information content (AvgIpc) is 3.35. The Balaban J connectivity index is 1.61. The van der Waals surface area contributed by atoms with Crippen LogP contribution < -0.4 is 5.32 Å².